The molecule has 0 aliphatic carbocycles. The maximum absolute atomic E-state index is 10.9. The first-order chi connectivity index (χ1) is 12.8. The molecule has 159 valence electrons. The largest absolute Gasteiger partial charge is 0.504 e. The number of aliphatic hydroxyl groups excluding tert-OH is 1. The van der Waals surface area contributed by atoms with E-state index >= 15 is 0 Å². The predicted molar refractivity (Wildman–Crippen MR) is 103 cm³/mol. The Hall–Kier alpha value is -1.42. The summed E-state index contributed by atoms with van der Waals surface area (Å²) in [7, 11) is 0. The molecule has 0 saturated carbocycles. The Bertz CT molecular complexity index is 522. The molecule has 1 atom stereocenters. The van der Waals surface area contributed by atoms with E-state index < -0.39 is 12.1 Å². The van der Waals surface area contributed by atoms with E-state index in [1.165, 1.54) is 11.0 Å². The zero-order chi connectivity index (χ0) is 21.2. The van der Waals surface area contributed by atoms with E-state index in [0.717, 1.165) is 0 Å². The third kappa shape index (κ3) is 15.6. The van der Waals surface area contributed by atoms with Crippen LogP contribution in [-0.2, 0) is 47.0 Å². The third-order valence-electron chi connectivity index (χ3n) is 2.90. The number of hydrogen-bond donors (Lipinski definition) is 4. The molecule has 0 spiro atoms. The standard InChI is InChI=1S/C14H21NO5.C2H5NO2.C2H6.Y/c1-3-5-12(16)13(6-4-2)20-10-11-9-15(14(17)18)7-8-19-11;3-1-2(4)5;1-2;/h3-6,11,16H,7-10H2,1-2H3,(H,17,18);1,3H2,(H,4,5);1-2H3;/b5-3-,6-4-,13-12-;;;. The van der Waals surface area contributed by atoms with Gasteiger partial charge in [0.15, 0.2) is 11.5 Å². The number of aliphatic carboxylic acids is 1. The minimum absolute atomic E-state index is 0. The third-order valence-corrected chi connectivity index (χ3v) is 2.90. The van der Waals surface area contributed by atoms with Gasteiger partial charge in [-0.15, -0.1) is 0 Å². The fraction of sp³-hybridized carbons (Fsp3) is 0.556. The van der Waals surface area contributed by atoms with Gasteiger partial charge in [0.05, 0.1) is 19.7 Å². The van der Waals surface area contributed by atoms with Gasteiger partial charge >= 0.3 is 12.1 Å². The number of hydrogen-bond acceptors (Lipinski definition) is 6. The van der Waals surface area contributed by atoms with Crippen molar-refractivity contribution in [2.45, 2.75) is 33.8 Å². The molecule has 5 N–H and O–H groups in total. The Morgan fingerprint density at radius 3 is 2.14 bits per heavy atom. The molecule has 0 aromatic heterocycles. The van der Waals surface area contributed by atoms with Crippen LogP contribution in [0.4, 0.5) is 4.79 Å². The molecule has 28 heavy (non-hydrogen) atoms. The molecule has 10 heteroatoms. The number of ether oxygens (including phenoxy) is 2. The summed E-state index contributed by atoms with van der Waals surface area (Å²) in [6.45, 7) is 8.50. The van der Waals surface area contributed by atoms with E-state index in [4.69, 9.17) is 19.7 Å². The Kier molecular flexibility index (Phi) is 22.7. The fourth-order valence-electron chi connectivity index (χ4n) is 1.78. The van der Waals surface area contributed by atoms with Gasteiger partial charge in [0.1, 0.15) is 12.7 Å². The van der Waals surface area contributed by atoms with Crippen LogP contribution in [0.5, 0.6) is 0 Å². The smallest absolute Gasteiger partial charge is 0.407 e. The van der Waals surface area contributed by atoms with Gasteiger partial charge in [-0.1, -0.05) is 26.0 Å². The van der Waals surface area contributed by atoms with Crippen molar-refractivity contribution in [3.05, 3.63) is 35.8 Å². The van der Waals surface area contributed by atoms with Gasteiger partial charge in [0.25, 0.3) is 0 Å². The molecule has 1 amide bonds. The molecule has 1 rings (SSSR count). The van der Waals surface area contributed by atoms with Crippen molar-refractivity contribution in [3.63, 3.8) is 0 Å². The Morgan fingerprint density at radius 1 is 1.18 bits per heavy atom. The molecule has 0 bridgehead atoms. The molecule has 1 aliphatic heterocycles. The van der Waals surface area contributed by atoms with Crippen molar-refractivity contribution in [1.82, 2.24) is 4.90 Å². The van der Waals surface area contributed by atoms with Crippen LogP contribution in [0.3, 0.4) is 0 Å². The van der Waals surface area contributed by atoms with Crippen LogP contribution in [0, 0.1) is 0 Å². The number of nitrogens with two attached hydrogens (primary N) is 1. The second-order valence-electron chi connectivity index (χ2n) is 4.88. The summed E-state index contributed by atoms with van der Waals surface area (Å²) in [6, 6.07) is 0. The molecule has 1 radical (unpaired) electrons. The topological polar surface area (TPSA) is 143 Å². The van der Waals surface area contributed by atoms with E-state index in [2.05, 4.69) is 5.73 Å². The molecule has 0 aromatic carbocycles. The SMILES string of the molecule is CC.C\C=C/C(O)=C(\C=C/C)OCC1CN(C(=O)O)CCO1.NCC(=O)O.[Y]. The average molecular weight is 477 g/mol. The summed E-state index contributed by atoms with van der Waals surface area (Å²) < 4.78 is 11.0. The second-order valence-corrected chi connectivity index (χ2v) is 4.88. The number of amides is 1. The monoisotopic (exact) mass is 477 g/mol. The Balaban J connectivity index is -0.000000678. The summed E-state index contributed by atoms with van der Waals surface area (Å²) in [5, 5.41) is 26.3. The first kappa shape index (κ1) is 31.3. The van der Waals surface area contributed by atoms with Gasteiger partial charge in [-0.05, 0) is 26.0 Å². The number of aliphatic hydroxyl groups is 1. The summed E-state index contributed by atoms with van der Waals surface area (Å²) in [5.41, 5.74) is 4.57. The van der Waals surface area contributed by atoms with E-state index in [-0.39, 0.29) is 64.3 Å². The van der Waals surface area contributed by atoms with Crippen LogP contribution in [-0.4, -0.2) is 71.2 Å². The van der Waals surface area contributed by atoms with Crippen LogP contribution in [0.25, 0.3) is 0 Å². The van der Waals surface area contributed by atoms with Crippen LogP contribution in [0.1, 0.15) is 27.7 Å². The molecular weight excluding hydrogens is 445 g/mol. The summed E-state index contributed by atoms with van der Waals surface area (Å²) >= 11 is 0. The predicted octanol–water partition coefficient (Wildman–Crippen LogP) is 2.36. The summed E-state index contributed by atoms with van der Waals surface area (Å²) in [4.78, 5) is 21.4. The van der Waals surface area contributed by atoms with Gasteiger partial charge < -0.3 is 35.4 Å². The zero-order valence-corrected chi connectivity index (χ0v) is 19.8. The van der Waals surface area contributed by atoms with E-state index in [9.17, 15) is 14.7 Å². The molecule has 1 saturated heterocycles. The van der Waals surface area contributed by atoms with Gasteiger partial charge in [-0.2, -0.15) is 0 Å². The van der Waals surface area contributed by atoms with Crippen LogP contribution < -0.4 is 5.73 Å². The number of carboxylic acids is 1. The van der Waals surface area contributed by atoms with Crippen molar-refractivity contribution in [1.29, 1.82) is 0 Å². The van der Waals surface area contributed by atoms with Crippen molar-refractivity contribution < 1.29 is 67.1 Å². The number of nitrogens with zero attached hydrogens (tertiary/aromatic N) is 1. The number of carbonyl (C=O) groups is 2. The quantitative estimate of drug-likeness (QED) is 0.337. The van der Waals surface area contributed by atoms with Gasteiger partial charge in [0.2, 0.25) is 0 Å². The van der Waals surface area contributed by atoms with Gasteiger partial charge in [-0.25, -0.2) is 4.79 Å². The van der Waals surface area contributed by atoms with Crippen LogP contribution >= 0.6 is 0 Å². The number of carboxylic acid groups (broad SMARTS) is 2. The van der Waals surface area contributed by atoms with Crippen molar-refractivity contribution >= 4 is 12.1 Å². The molecule has 1 unspecified atom stereocenters. The Morgan fingerprint density at radius 2 is 1.71 bits per heavy atom. The molecule has 1 aliphatic rings. The van der Waals surface area contributed by atoms with E-state index in [0.29, 0.717) is 18.9 Å². The van der Waals surface area contributed by atoms with Crippen molar-refractivity contribution in [3.8, 4) is 0 Å². The molecule has 9 nitrogen and oxygen atoms in total. The fourth-order valence-corrected chi connectivity index (χ4v) is 1.78. The number of morpholine rings is 1. The minimum atomic E-state index is -0.968. The first-order valence-corrected chi connectivity index (χ1v) is 8.68. The number of rotatable bonds is 6. The van der Waals surface area contributed by atoms with Crippen molar-refractivity contribution in [2.24, 2.45) is 5.73 Å². The Labute approximate surface area is 191 Å². The van der Waals surface area contributed by atoms with Crippen LogP contribution in [0.2, 0.25) is 0 Å². The molecule has 1 fully saturated rings. The maximum atomic E-state index is 10.9. The minimum Gasteiger partial charge on any atom is -0.504 e. The second kappa shape index (κ2) is 20.3. The van der Waals surface area contributed by atoms with E-state index in [1.807, 2.05) is 20.8 Å². The number of allylic oxidation sites excluding steroid dienone is 4. The van der Waals surface area contributed by atoms with Crippen molar-refractivity contribution in [2.75, 3.05) is 32.8 Å². The zero-order valence-electron chi connectivity index (χ0n) is 17.0. The average Bonchev–Trinajstić information content (AvgIpc) is 2.67. The molecule has 0 aromatic rings. The summed E-state index contributed by atoms with van der Waals surface area (Å²) in [5.74, 6) is -0.608. The van der Waals surface area contributed by atoms with Gasteiger partial charge in [-0.3, -0.25) is 4.79 Å². The maximum Gasteiger partial charge on any atom is 0.407 e. The molecular formula is C18H32N2O7Y. The first-order valence-electron chi connectivity index (χ1n) is 8.68. The summed E-state index contributed by atoms with van der Waals surface area (Å²) in [6.07, 6.45) is 5.33. The van der Waals surface area contributed by atoms with E-state index in [1.54, 1.807) is 25.2 Å². The molecule has 1 heterocycles. The normalized spacial score (nSPS) is 16.8. The van der Waals surface area contributed by atoms with Crippen LogP contribution in [0.15, 0.2) is 35.8 Å². The van der Waals surface area contributed by atoms with Gasteiger partial charge in [0, 0.05) is 39.3 Å².